The van der Waals surface area contributed by atoms with E-state index in [2.05, 4.69) is 0 Å². The fourth-order valence-electron chi connectivity index (χ4n) is 3.50. The van der Waals surface area contributed by atoms with Gasteiger partial charge in [-0.1, -0.05) is 13.8 Å². The van der Waals surface area contributed by atoms with Gasteiger partial charge in [-0.25, -0.2) is 4.79 Å². The van der Waals surface area contributed by atoms with Crippen LogP contribution < -0.4 is 17.0 Å². The zero-order valence-electron chi connectivity index (χ0n) is 17.6. The monoisotopic (exact) mass is 430 g/mol. The molecule has 0 saturated carbocycles. The molecule has 2 heterocycles. The third-order valence-corrected chi connectivity index (χ3v) is 7.70. The lowest BCUT2D eigenvalue weighted by molar-refractivity contribution is 0.0776. The van der Waals surface area contributed by atoms with Crippen molar-refractivity contribution in [2.75, 3.05) is 45.0 Å². The standard InChI is InChI=1S/C17H30N6O5S/c1-6-22(7-2)29(27,28)23-10-8-21(9-11-23)12(3)14(24)13-15(18)19(4)17(26)20(5)16(13)25/h12H,6-11,18H2,1-5H3/t12-/m0/s1. The number of piperazine rings is 1. The van der Waals surface area contributed by atoms with Gasteiger partial charge in [-0.15, -0.1) is 0 Å². The van der Waals surface area contributed by atoms with Crippen molar-refractivity contribution in [2.45, 2.75) is 26.8 Å². The third kappa shape index (κ3) is 4.15. The van der Waals surface area contributed by atoms with Gasteiger partial charge in [0.25, 0.3) is 15.8 Å². The molecule has 0 spiro atoms. The van der Waals surface area contributed by atoms with Crippen molar-refractivity contribution in [1.82, 2.24) is 22.6 Å². The first-order valence-corrected chi connectivity index (χ1v) is 11.0. The second-order valence-corrected chi connectivity index (χ2v) is 8.96. The Morgan fingerprint density at radius 1 is 1.07 bits per heavy atom. The van der Waals surface area contributed by atoms with Gasteiger partial charge in [-0.2, -0.15) is 17.0 Å². The molecule has 1 aromatic heterocycles. The first-order valence-electron chi connectivity index (χ1n) is 9.57. The maximum absolute atomic E-state index is 13.0. The summed E-state index contributed by atoms with van der Waals surface area (Å²) in [6, 6.07) is -0.680. The lowest BCUT2D eigenvalue weighted by Crippen LogP contribution is -2.56. The normalized spacial score (nSPS) is 17.6. The van der Waals surface area contributed by atoms with E-state index in [4.69, 9.17) is 5.73 Å². The maximum Gasteiger partial charge on any atom is 0.332 e. The molecule has 0 amide bonds. The first kappa shape index (κ1) is 23.3. The quantitative estimate of drug-likeness (QED) is 0.518. The van der Waals surface area contributed by atoms with Crippen LogP contribution in [0.1, 0.15) is 31.1 Å². The summed E-state index contributed by atoms with van der Waals surface area (Å²) in [4.78, 5) is 39.2. The highest BCUT2D eigenvalue weighted by Gasteiger charge is 2.35. The topological polar surface area (TPSA) is 131 Å². The van der Waals surface area contributed by atoms with E-state index in [0.717, 1.165) is 9.13 Å². The molecule has 1 fully saturated rings. The van der Waals surface area contributed by atoms with Gasteiger partial charge < -0.3 is 5.73 Å². The number of carbonyl (C=O) groups excluding carboxylic acids is 1. The van der Waals surface area contributed by atoms with Crippen LogP contribution in [0.3, 0.4) is 0 Å². The van der Waals surface area contributed by atoms with E-state index in [0.29, 0.717) is 26.2 Å². The molecule has 11 nitrogen and oxygen atoms in total. The number of hydrogen-bond donors (Lipinski definition) is 1. The largest absolute Gasteiger partial charge is 0.384 e. The van der Waals surface area contributed by atoms with Crippen molar-refractivity contribution in [1.29, 1.82) is 0 Å². The van der Waals surface area contributed by atoms with Crippen molar-refractivity contribution < 1.29 is 13.2 Å². The van der Waals surface area contributed by atoms with E-state index in [1.165, 1.54) is 22.7 Å². The molecule has 0 bridgehead atoms. The SMILES string of the molecule is CCN(CC)S(=O)(=O)N1CCN([C@@H](C)C(=O)c2c(N)n(C)c(=O)n(C)c2=O)CC1. The van der Waals surface area contributed by atoms with Gasteiger partial charge >= 0.3 is 5.69 Å². The highest BCUT2D eigenvalue weighted by molar-refractivity contribution is 7.86. The number of rotatable bonds is 7. The van der Waals surface area contributed by atoms with Gasteiger partial charge in [-0.3, -0.25) is 23.6 Å². The molecule has 29 heavy (non-hydrogen) atoms. The summed E-state index contributed by atoms with van der Waals surface area (Å²) in [6.45, 7) is 7.20. The Balaban J connectivity index is 2.21. The molecule has 0 radical (unpaired) electrons. The Kier molecular flexibility index (Phi) is 7.04. The second kappa shape index (κ2) is 8.78. The molecule has 164 valence electrons. The maximum atomic E-state index is 13.0. The molecule has 1 aliphatic heterocycles. The van der Waals surface area contributed by atoms with Crippen LogP contribution in [0.4, 0.5) is 5.82 Å². The van der Waals surface area contributed by atoms with Crippen LogP contribution in [0.15, 0.2) is 9.59 Å². The minimum atomic E-state index is -3.53. The summed E-state index contributed by atoms with van der Waals surface area (Å²) in [7, 11) is -0.839. The van der Waals surface area contributed by atoms with Crippen molar-refractivity contribution in [3.8, 4) is 0 Å². The van der Waals surface area contributed by atoms with Crippen LogP contribution in [-0.2, 0) is 24.3 Å². The van der Waals surface area contributed by atoms with E-state index in [9.17, 15) is 22.8 Å². The number of aromatic nitrogens is 2. The number of carbonyl (C=O) groups is 1. The summed E-state index contributed by atoms with van der Waals surface area (Å²) in [5, 5.41) is 0. The predicted octanol–water partition coefficient (Wildman–Crippen LogP) is -1.56. The number of anilines is 1. The molecule has 0 aliphatic carbocycles. The van der Waals surface area contributed by atoms with E-state index >= 15 is 0 Å². The van der Waals surface area contributed by atoms with Crippen LogP contribution >= 0.6 is 0 Å². The molecule has 2 rings (SSSR count). The van der Waals surface area contributed by atoms with Crippen LogP contribution in [0.5, 0.6) is 0 Å². The Labute approximate surface area is 170 Å². The molecular formula is C17H30N6O5S. The van der Waals surface area contributed by atoms with Crippen molar-refractivity contribution in [3.05, 3.63) is 26.4 Å². The summed E-state index contributed by atoms with van der Waals surface area (Å²) in [5.41, 5.74) is 4.32. The smallest absolute Gasteiger partial charge is 0.332 e. The highest BCUT2D eigenvalue weighted by Crippen LogP contribution is 2.16. The zero-order chi connectivity index (χ0) is 22.1. The fraction of sp³-hybridized carbons (Fsp3) is 0.706. The second-order valence-electron chi connectivity index (χ2n) is 7.03. The molecule has 0 aromatic carbocycles. The van der Waals surface area contributed by atoms with E-state index < -0.39 is 33.3 Å². The summed E-state index contributed by atoms with van der Waals surface area (Å²) < 4.78 is 30.0. The number of nitrogen functional groups attached to an aromatic ring is 1. The van der Waals surface area contributed by atoms with Gasteiger partial charge in [0.05, 0.1) is 6.04 Å². The van der Waals surface area contributed by atoms with Crippen LogP contribution in [0, 0.1) is 0 Å². The van der Waals surface area contributed by atoms with Crippen LogP contribution in [-0.4, -0.2) is 82.2 Å². The Morgan fingerprint density at radius 2 is 1.59 bits per heavy atom. The first-order chi connectivity index (χ1) is 13.5. The average molecular weight is 431 g/mol. The Bertz CT molecular complexity index is 987. The molecule has 1 saturated heterocycles. The molecule has 1 aliphatic rings. The van der Waals surface area contributed by atoms with Gasteiger partial charge in [0.2, 0.25) is 0 Å². The zero-order valence-corrected chi connectivity index (χ0v) is 18.4. The lowest BCUT2D eigenvalue weighted by atomic mass is 10.1. The minimum Gasteiger partial charge on any atom is -0.384 e. The predicted molar refractivity (Wildman–Crippen MR) is 110 cm³/mol. The number of nitrogens with zero attached hydrogens (tertiary/aromatic N) is 5. The van der Waals surface area contributed by atoms with E-state index in [1.54, 1.807) is 20.8 Å². The highest BCUT2D eigenvalue weighted by atomic mass is 32.2. The number of Topliss-reactive ketones (excluding diaryl/α,β-unsaturated/α-hetero) is 1. The van der Waals surface area contributed by atoms with Crippen molar-refractivity contribution in [2.24, 2.45) is 14.1 Å². The average Bonchev–Trinajstić information content (AvgIpc) is 2.71. The molecule has 2 N–H and O–H groups in total. The summed E-state index contributed by atoms with van der Waals surface area (Å²) in [5.74, 6) is -0.656. The van der Waals surface area contributed by atoms with E-state index in [-0.39, 0.29) is 24.5 Å². The van der Waals surface area contributed by atoms with Crippen molar-refractivity contribution in [3.63, 3.8) is 0 Å². The molecular weight excluding hydrogens is 400 g/mol. The summed E-state index contributed by atoms with van der Waals surface area (Å²) >= 11 is 0. The molecule has 1 aromatic rings. The van der Waals surface area contributed by atoms with E-state index in [1.807, 2.05) is 4.90 Å². The minimum absolute atomic E-state index is 0.169. The van der Waals surface area contributed by atoms with Crippen LogP contribution in [0.25, 0.3) is 0 Å². The van der Waals surface area contributed by atoms with Gasteiger partial charge in [0.15, 0.2) is 5.78 Å². The third-order valence-electron chi connectivity index (χ3n) is 5.51. The molecule has 12 heteroatoms. The number of nitrogens with two attached hydrogens (primary N) is 1. The van der Waals surface area contributed by atoms with Gasteiger partial charge in [-0.05, 0) is 6.92 Å². The molecule has 1 atom stereocenters. The fourth-order valence-corrected chi connectivity index (χ4v) is 5.10. The summed E-state index contributed by atoms with van der Waals surface area (Å²) in [6.07, 6.45) is 0. The number of ketones is 1. The van der Waals surface area contributed by atoms with Gasteiger partial charge in [0, 0.05) is 53.4 Å². The Hall–Kier alpha value is -2.02. The number of hydrogen-bond acceptors (Lipinski definition) is 7. The lowest BCUT2D eigenvalue weighted by Gasteiger charge is -2.38. The van der Waals surface area contributed by atoms with Crippen molar-refractivity contribution >= 4 is 21.8 Å². The van der Waals surface area contributed by atoms with Gasteiger partial charge in [0.1, 0.15) is 11.4 Å². The molecule has 0 unspecified atom stereocenters. The Morgan fingerprint density at radius 3 is 2.07 bits per heavy atom. The van der Waals surface area contributed by atoms with Crippen LogP contribution in [0.2, 0.25) is 0 Å².